The third-order valence-corrected chi connectivity index (χ3v) is 3.61. The van der Waals surface area contributed by atoms with E-state index in [1.165, 1.54) is 0 Å². The van der Waals surface area contributed by atoms with Crippen LogP contribution >= 0.6 is 22.9 Å². The lowest BCUT2D eigenvalue weighted by molar-refractivity contribution is 0.639. The molecule has 2 aromatic carbocycles. The highest BCUT2D eigenvalue weighted by molar-refractivity contribution is 7.21. The molecule has 0 amide bonds. The maximum Gasteiger partial charge on any atom is 0.418 e. The lowest BCUT2D eigenvalue weighted by Gasteiger charge is -1.88. The summed E-state index contributed by atoms with van der Waals surface area (Å²) in [6.07, 6.45) is 0. The molecule has 0 radical (unpaired) electrons. The van der Waals surface area contributed by atoms with Gasteiger partial charge in [0.25, 0.3) is 0 Å². The Morgan fingerprint density at radius 2 is 1.88 bits per heavy atom. The van der Waals surface area contributed by atoms with Gasteiger partial charge < -0.3 is 0 Å². The molecule has 1 heterocycles. The smallest absolute Gasteiger partial charge is 0.194 e. The molecule has 0 aliphatic heterocycles. The van der Waals surface area contributed by atoms with Crippen molar-refractivity contribution in [2.75, 3.05) is 0 Å². The SMILES string of the molecule is Clc1cccc(-c2[o+]c3ccccc3s2)c1. The normalized spacial score (nSPS) is 10.8. The summed E-state index contributed by atoms with van der Waals surface area (Å²) >= 11 is 7.59. The Kier molecular flexibility index (Phi) is 2.39. The fraction of sp³-hybridized carbons (Fsp3) is 0. The Hall–Kier alpha value is -1.38. The molecule has 78 valence electrons. The zero-order valence-corrected chi connectivity index (χ0v) is 9.89. The first kappa shape index (κ1) is 9.82. The summed E-state index contributed by atoms with van der Waals surface area (Å²) < 4.78 is 6.92. The summed E-state index contributed by atoms with van der Waals surface area (Å²) in [6, 6.07) is 15.7. The fourth-order valence-corrected chi connectivity index (χ4v) is 2.70. The van der Waals surface area contributed by atoms with E-state index in [2.05, 4.69) is 6.07 Å². The molecule has 3 aromatic rings. The van der Waals surface area contributed by atoms with Gasteiger partial charge in [0.1, 0.15) is 4.70 Å². The van der Waals surface area contributed by atoms with E-state index in [0.717, 1.165) is 25.9 Å². The molecule has 0 atom stereocenters. The van der Waals surface area contributed by atoms with Gasteiger partial charge in [-0.3, -0.25) is 0 Å². The number of benzene rings is 2. The molecule has 0 aliphatic carbocycles. The maximum absolute atomic E-state index is 5.96. The van der Waals surface area contributed by atoms with E-state index >= 15 is 0 Å². The summed E-state index contributed by atoms with van der Waals surface area (Å²) in [5.41, 5.74) is 1.94. The lowest BCUT2D eigenvalue weighted by atomic mass is 10.2. The average molecular weight is 248 g/mol. The molecule has 0 N–H and O–H groups in total. The lowest BCUT2D eigenvalue weighted by Crippen LogP contribution is -1.70. The zero-order chi connectivity index (χ0) is 11.0. The highest BCUT2D eigenvalue weighted by Crippen LogP contribution is 2.34. The first-order chi connectivity index (χ1) is 7.83. The molecule has 0 saturated carbocycles. The predicted molar refractivity (Wildman–Crippen MR) is 68.9 cm³/mol. The van der Waals surface area contributed by atoms with Gasteiger partial charge in [-0.1, -0.05) is 29.8 Å². The van der Waals surface area contributed by atoms with Crippen LogP contribution in [0.1, 0.15) is 0 Å². The molecule has 0 spiro atoms. The fourth-order valence-electron chi connectivity index (χ4n) is 1.57. The van der Waals surface area contributed by atoms with Crippen LogP contribution in [0, 0.1) is 0 Å². The van der Waals surface area contributed by atoms with Gasteiger partial charge in [-0.25, -0.2) is 0 Å². The molecule has 0 bridgehead atoms. The van der Waals surface area contributed by atoms with Crippen molar-refractivity contribution in [2.24, 2.45) is 0 Å². The number of halogens is 1. The molecule has 0 fully saturated rings. The average Bonchev–Trinajstić information content (AvgIpc) is 2.72. The molecule has 1 aromatic heterocycles. The van der Waals surface area contributed by atoms with Crippen LogP contribution in [0.2, 0.25) is 5.02 Å². The van der Waals surface area contributed by atoms with Crippen molar-refractivity contribution in [3.05, 3.63) is 53.6 Å². The van der Waals surface area contributed by atoms with E-state index in [-0.39, 0.29) is 0 Å². The van der Waals surface area contributed by atoms with E-state index in [9.17, 15) is 0 Å². The Bertz CT molecular complexity index is 612. The van der Waals surface area contributed by atoms with Gasteiger partial charge in [0.15, 0.2) is 0 Å². The van der Waals surface area contributed by atoms with E-state index in [0.29, 0.717) is 0 Å². The van der Waals surface area contributed by atoms with Gasteiger partial charge in [-0.05, 0) is 35.6 Å². The van der Waals surface area contributed by atoms with Crippen LogP contribution in [0.5, 0.6) is 0 Å². The van der Waals surface area contributed by atoms with E-state index < -0.39 is 0 Å². The molecule has 3 rings (SSSR count). The Morgan fingerprint density at radius 3 is 2.69 bits per heavy atom. The van der Waals surface area contributed by atoms with Crippen LogP contribution < -0.4 is 0 Å². The number of rotatable bonds is 1. The second kappa shape index (κ2) is 3.89. The molecule has 3 heteroatoms. The zero-order valence-electron chi connectivity index (χ0n) is 8.31. The van der Waals surface area contributed by atoms with Crippen molar-refractivity contribution in [2.45, 2.75) is 0 Å². The van der Waals surface area contributed by atoms with Crippen molar-refractivity contribution in [1.82, 2.24) is 0 Å². The quantitative estimate of drug-likeness (QED) is 0.545. The topological polar surface area (TPSA) is 11.3 Å². The van der Waals surface area contributed by atoms with Crippen molar-refractivity contribution >= 4 is 33.2 Å². The van der Waals surface area contributed by atoms with Gasteiger partial charge in [-0.15, -0.1) is 0 Å². The largest absolute Gasteiger partial charge is 0.418 e. The minimum absolute atomic E-state index is 0.727. The summed E-state index contributed by atoms with van der Waals surface area (Å²) in [5.74, 6) is 0. The van der Waals surface area contributed by atoms with Crippen molar-refractivity contribution in [1.29, 1.82) is 0 Å². The summed E-state index contributed by atoms with van der Waals surface area (Å²) in [6.45, 7) is 0. The van der Waals surface area contributed by atoms with Crippen LogP contribution in [0.3, 0.4) is 0 Å². The Balaban J connectivity index is 2.19. The highest BCUT2D eigenvalue weighted by Gasteiger charge is 2.19. The van der Waals surface area contributed by atoms with Gasteiger partial charge in [0.05, 0.1) is 5.56 Å². The molecule has 0 unspecified atom stereocenters. The van der Waals surface area contributed by atoms with Crippen LogP contribution in [0.4, 0.5) is 0 Å². The maximum atomic E-state index is 5.96. The van der Waals surface area contributed by atoms with Gasteiger partial charge in [0, 0.05) is 11.1 Å². The van der Waals surface area contributed by atoms with Crippen molar-refractivity contribution in [3.8, 4) is 10.6 Å². The number of hydrogen-bond donors (Lipinski definition) is 0. The second-order valence-corrected chi connectivity index (χ2v) is 4.90. The van der Waals surface area contributed by atoms with Crippen molar-refractivity contribution in [3.63, 3.8) is 0 Å². The minimum Gasteiger partial charge on any atom is -0.194 e. The van der Waals surface area contributed by atoms with Gasteiger partial charge in [-0.2, -0.15) is 4.42 Å². The molecule has 0 aliphatic rings. The standard InChI is InChI=1S/C13H8ClOS/c14-10-5-3-4-9(8-10)13-15-11-6-1-2-7-12(11)16-13/h1-8H/q+1. The second-order valence-electron chi connectivity index (χ2n) is 3.45. The third-order valence-electron chi connectivity index (χ3n) is 2.31. The van der Waals surface area contributed by atoms with E-state index in [1.54, 1.807) is 11.3 Å². The Morgan fingerprint density at radius 1 is 1.00 bits per heavy atom. The number of fused-ring (bicyclic) bond motifs is 1. The minimum atomic E-state index is 0.727. The highest BCUT2D eigenvalue weighted by atomic mass is 35.5. The molecular formula is C13H8ClOS+. The third kappa shape index (κ3) is 1.70. The molecular weight excluding hydrogens is 240 g/mol. The Labute approximate surface area is 102 Å². The summed E-state index contributed by atoms with van der Waals surface area (Å²) in [5, 5.41) is 1.62. The summed E-state index contributed by atoms with van der Waals surface area (Å²) in [7, 11) is 0. The van der Waals surface area contributed by atoms with E-state index in [4.69, 9.17) is 16.0 Å². The van der Waals surface area contributed by atoms with Crippen LogP contribution in [-0.2, 0) is 0 Å². The summed E-state index contributed by atoms with van der Waals surface area (Å²) in [4.78, 5) is 0. The predicted octanol–water partition coefficient (Wildman–Crippen LogP) is 5.10. The molecule has 1 nitrogen and oxygen atoms in total. The monoisotopic (exact) mass is 247 g/mol. The van der Waals surface area contributed by atoms with Gasteiger partial charge >= 0.3 is 10.7 Å². The van der Waals surface area contributed by atoms with Gasteiger partial charge in [0.2, 0.25) is 0 Å². The van der Waals surface area contributed by atoms with Crippen LogP contribution in [-0.4, -0.2) is 0 Å². The van der Waals surface area contributed by atoms with Crippen LogP contribution in [0.15, 0.2) is 52.9 Å². The van der Waals surface area contributed by atoms with E-state index in [1.807, 2.05) is 42.5 Å². The first-order valence-corrected chi connectivity index (χ1v) is 6.10. The van der Waals surface area contributed by atoms with Crippen LogP contribution in [0.25, 0.3) is 20.9 Å². The first-order valence-electron chi connectivity index (χ1n) is 4.90. The number of hydrogen-bond acceptors (Lipinski definition) is 1. The molecule has 16 heavy (non-hydrogen) atoms. The number of para-hydroxylation sites is 1. The van der Waals surface area contributed by atoms with Crippen molar-refractivity contribution < 1.29 is 4.42 Å². The molecule has 0 saturated heterocycles.